The summed E-state index contributed by atoms with van der Waals surface area (Å²) in [5, 5.41) is 10.9. The number of rotatable bonds is 4. The summed E-state index contributed by atoms with van der Waals surface area (Å²) in [5.74, 6) is -0.128. The van der Waals surface area contributed by atoms with Crippen LogP contribution in [0.15, 0.2) is 11.4 Å². The average molecular weight is 295 g/mol. The molecule has 1 amide bonds. The van der Waals surface area contributed by atoms with E-state index in [9.17, 15) is 14.7 Å². The van der Waals surface area contributed by atoms with Gasteiger partial charge in [0.15, 0.2) is 0 Å². The van der Waals surface area contributed by atoms with Gasteiger partial charge in [-0.25, -0.2) is 4.79 Å². The van der Waals surface area contributed by atoms with Gasteiger partial charge < -0.3 is 10.0 Å². The molecular weight excluding hydrogens is 274 g/mol. The zero-order chi connectivity index (χ0) is 14.7. The van der Waals surface area contributed by atoms with Crippen molar-refractivity contribution in [2.45, 2.75) is 39.5 Å². The van der Waals surface area contributed by atoms with Gasteiger partial charge in [-0.3, -0.25) is 4.79 Å². The van der Waals surface area contributed by atoms with Gasteiger partial charge in [0.25, 0.3) is 0 Å². The molecule has 1 fully saturated rings. The van der Waals surface area contributed by atoms with Gasteiger partial charge in [0.2, 0.25) is 5.91 Å². The second-order valence-electron chi connectivity index (χ2n) is 5.48. The molecule has 1 aromatic heterocycles. The minimum absolute atomic E-state index is 0.0488. The topological polar surface area (TPSA) is 57.6 Å². The maximum absolute atomic E-state index is 12.6. The lowest BCUT2D eigenvalue weighted by Gasteiger charge is -2.30. The highest BCUT2D eigenvalue weighted by Crippen LogP contribution is 2.33. The summed E-state index contributed by atoms with van der Waals surface area (Å²) in [6.07, 6.45) is 4.01. The van der Waals surface area contributed by atoms with Crippen LogP contribution in [0, 0.1) is 11.8 Å². The third-order valence-corrected chi connectivity index (χ3v) is 4.97. The number of carbonyl (C=O) groups is 2. The fourth-order valence-corrected chi connectivity index (χ4v) is 3.58. The van der Waals surface area contributed by atoms with E-state index < -0.39 is 5.97 Å². The number of carboxylic acids is 1. The van der Waals surface area contributed by atoms with Crippen LogP contribution in [-0.2, 0) is 4.79 Å². The molecule has 20 heavy (non-hydrogen) atoms. The Balaban J connectivity index is 2.17. The van der Waals surface area contributed by atoms with E-state index in [-0.39, 0.29) is 16.7 Å². The maximum atomic E-state index is 12.6. The largest absolute Gasteiger partial charge is 0.477 e. The fourth-order valence-electron chi connectivity index (χ4n) is 2.85. The number of aromatic carboxylic acids is 1. The van der Waals surface area contributed by atoms with Crippen molar-refractivity contribution < 1.29 is 14.7 Å². The van der Waals surface area contributed by atoms with Crippen LogP contribution < -0.4 is 4.90 Å². The minimum Gasteiger partial charge on any atom is -0.477 e. The molecule has 110 valence electrons. The standard InChI is InChI=1S/C15H21NO3S/c1-3-16(12-8-9-20-13(12)15(18)19)14(17)11-6-4-10(2)5-7-11/h8-11H,3-7H2,1-2H3,(H,18,19). The second kappa shape index (κ2) is 6.39. The highest BCUT2D eigenvalue weighted by atomic mass is 32.1. The molecule has 1 aliphatic carbocycles. The van der Waals surface area contributed by atoms with Gasteiger partial charge >= 0.3 is 5.97 Å². The first-order valence-corrected chi connectivity index (χ1v) is 8.04. The summed E-state index contributed by atoms with van der Waals surface area (Å²) in [4.78, 5) is 25.8. The summed E-state index contributed by atoms with van der Waals surface area (Å²) in [6.45, 7) is 4.63. The van der Waals surface area contributed by atoms with Crippen molar-refractivity contribution in [1.29, 1.82) is 0 Å². The third kappa shape index (κ3) is 3.03. The Bertz CT molecular complexity index is 489. The third-order valence-electron chi connectivity index (χ3n) is 4.08. The smallest absolute Gasteiger partial charge is 0.348 e. The summed E-state index contributed by atoms with van der Waals surface area (Å²) in [6, 6.07) is 1.74. The van der Waals surface area contributed by atoms with Crippen molar-refractivity contribution in [3.63, 3.8) is 0 Å². The molecule has 4 nitrogen and oxygen atoms in total. The van der Waals surface area contributed by atoms with Crippen LogP contribution in [0.3, 0.4) is 0 Å². The molecule has 1 aliphatic rings. The monoisotopic (exact) mass is 295 g/mol. The van der Waals surface area contributed by atoms with Gasteiger partial charge in [0.05, 0.1) is 5.69 Å². The van der Waals surface area contributed by atoms with E-state index in [1.54, 1.807) is 16.3 Å². The number of amides is 1. The van der Waals surface area contributed by atoms with E-state index in [0.717, 1.165) is 25.7 Å². The molecule has 0 spiro atoms. The first-order valence-electron chi connectivity index (χ1n) is 7.16. The molecule has 0 aliphatic heterocycles. The molecular formula is C15H21NO3S. The van der Waals surface area contributed by atoms with Crippen LogP contribution in [0.1, 0.15) is 49.2 Å². The van der Waals surface area contributed by atoms with Gasteiger partial charge in [-0.05, 0) is 50.0 Å². The summed E-state index contributed by atoms with van der Waals surface area (Å²) in [5.41, 5.74) is 0.550. The molecule has 0 aromatic carbocycles. The first kappa shape index (κ1) is 15.0. The highest BCUT2D eigenvalue weighted by molar-refractivity contribution is 7.12. The lowest BCUT2D eigenvalue weighted by molar-refractivity contribution is -0.123. The minimum atomic E-state index is -0.960. The summed E-state index contributed by atoms with van der Waals surface area (Å²) < 4.78 is 0. The Kier molecular flexibility index (Phi) is 4.81. The van der Waals surface area contributed by atoms with Gasteiger partial charge in [-0.2, -0.15) is 0 Å². The molecule has 5 heteroatoms. The summed E-state index contributed by atoms with van der Waals surface area (Å²) in [7, 11) is 0. The van der Waals surface area contributed by atoms with Crippen molar-refractivity contribution in [3.8, 4) is 0 Å². The predicted octanol–water partition coefficient (Wildman–Crippen LogP) is 3.63. The number of carboxylic acid groups (broad SMARTS) is 1. The van der Waals surface area contributed by atoms with E-state index in [1.165, 1.54) is 11.3 Å². The Morgan fingerprint density at radius 1 is 1.35 bits per heavy atom. The lowest BCUT2D eigenvalue weighted by atomic mass is 9.82. The Hall–Kier alpha value is -1.36. The number of hydrogen-bond acceptors (Lipinski definition) is 3. The van der Waals surface area contributed by atoms with Crippen molar-refractivity contribution in [2.75, 3.05) is 11.4 Å². The predicted molar refractivity (Wildman–Crippen MR) is 80.4 cm³/mol. The van der Waals surface area contributed by atoms with Crippen LogP contribution in [0.25, 0.3) is 0 Å². The van der Waals surface area contributed by atoms with Crippen molar-refractivity contribution in [3.05, 3.63) is 16.3 Å². The molecule has 1 heterocycles. The number of thiophene rings is 1. The number of nitrogens with zero attached hydrogens (tertiary/aromatic N) is 1. The van der Waals surface area contributed by atoms with E-state index in [2.05, 4.69) is 6.92 Å². The van der Waals surface area contributed by atoms with Crippen molar-refractivity contribution in [2.24, 2.45) is 11.8 Å². The van der Waals surface area contributed by atoms with Gasteiger partial charge in [0, 0.05) is 12.5 Å². The SMILES string of the molecule is CCN(C(=O)C1CCC(C)CC1)c1ccsc1C(=O)O. The van der Waals surface area contributed by atoms with Crippen molar-refractivity contribution in [1.82, 2.24) is 0 Å². The van der Waals surface area contributed by atoms with Crippen LogP contribution in [0.5, 0.6) is 0 Å². The number of hydrogen-bond donors (Lipinski definition) is 1. The van der Waals surface area contributed by atoms with Gasteiger partial charge in [0.1, 0.15) is 4.88 Å². The van der Waals surface area contributed by atoms with E-state index >= 15 is 0 Å². The van der Waals surface area contributed by atoms with Crippen molar-refractivity contribution >= 4 is 28.9 Å². The van der Waals surface area contributed by atoms with Crippen LogP contribution in [0.2, 0.25) is 0 Å². The quantitative estimate of drug-likeness (QED) is 0.923. The van der Waals surface area contributed by atoms with E-state index in [1.807, 2.05) is 6.92 Å². The Morgan fingerprint density at radius 3 is 2.55 bits per heavy atom. The lowest BCUT2D eigenvalue weighted by Crippen LogP contribution is -2.38. The first-order chi connectivity index (χ1) is 9.54. The fraction of sp³-hybridized carbons (Fsp3) is 0.600. The zero-order valence-electron chi connectivity index (χ0n) is 12.0. The zero-order valence-corrected chi connectivity index (χ0v) is 12.8. The summed E-state index contributed by atoms with van der Waals surface area (Å²) >= 11 is 1.17. The molecule has 1 saturated carbocycles. The van der Waals surface area contributed by atoms with E-state index in [4.69, 9.17) is 0 Å². The van der Waals surface area contributed by atoms with E-state index in [0.29, 0.717) is 18.2 Å². The molecule has 0 radical (unpaired) electrons. The molecule has 1 aromatic rings. The van der Waals surface area contributed by atoms with Gasteiger partial charge in [-0.15, -0.1) is 11.3 Å². The molecule has 0 saturated heterocycles. The van der Waals surface area contributed by atoms with Crippen LogP contribution in [0.4, 0.5) is 5.69 Å². The molecule has 2 rings (SSSR count). The second-order valence-corrected chi connectivity index (χ2v) is 6.40. The number of anilines is 1. The molecule has 0 atom stereocenters. The number of carbonyl (C=O) groups excluding carboxylic acids is 1. The average Bonchev–Trinajstić information content (AvgIpc) is 2.89. The maximum Gasteiger partial charge on any atom is 0.348 e. The van der Waals surface area contributed by atoms with Crippen LogP contribution in [-0.4, -0.2) is 23.5 Å². The Morgan fingerprint density at radius 2 is 2.00 bits per heavy atom. The molecule has 0 bridgehead atoms. The highest BCUT2D eigenvalue weighted by Gasteiger charge is 2.30. The van der Waals surface area contributed by atoms with Crippen LogP contribution >= 0.6 is 11.3 Å². The molecule has 1 N–H and O–H groups in total. The molecule has 0 unspecified atom stereocenters. The van der Waals surface area contributed by atoms with Gasteiger partial charge in [-0.1, -0.05) is 6.92 Å². The normalized spacial score (nSPS) is 22.5. The Labute approximate surface area is 123 Å².